The maximum absolute atomic E-state index is 13.4. The van der Waals surface area contributed by atoms with Crippen molar-refractivity contribution in [2.45, 2.75) is 52.6 Å². The predicted octanol–water partition coefficient (Wildman–Crippen LogP) is 4.79. The lowest BCUT2D eigenvalue weighted by molar-refractivity contribution is -0.141. The largest absolute Gasteiger partial charge is 0.355 e. The van der Waals surface area contributed by atoms with Crippen molar-refractivity contribution in [2.75, 3.05) is 23.7 Å². The molecule has 7 nitrogen and oxygen atoms in total. The summed E-state index contributed by atoms with van der Waals surface area (Å²) < 4.78 is 26.3. The minimum absolute atomic E-state index is 0.0615. The van der Waals surface area contributed by atoms with Crippen LogP contribution in [-0.4, -0.2) is 50.5 Å². The highest BCUT2D eigenvalue weighted by atomic mass is 35.5. The molecule has 0 radical (unpaired) electrons. The molecule has 2 rings (SSSR count). The number of carbonyl (C=O) groups excluding carboxylic acids is 2. The summed E-state index contributed by atoms with van der Waals surface area (Å²) in [6, 6.07) is 11.6. The van der Waals surface area contributed by atoms with Crippen molar-refractivity contribution in [3.8, 4) is 0 Å². The molecule has 35 heavy (non-hydrogen) atoms. The molecule has 0 bridgehead atoms. The molecule has 0 aliphatic rings. The van der Waals surface area contributed by atoms with E-state index in [4.69, 9.17) is 23.2 Å². The minimum Gasteiger partial charge on any atom is -0.355 e. The number of nitrogens with zero attached hydrogens (tertiary/aromatic N) is 2. The number of benzene rings is 2. The van der Waals surface area contributed by atoms with Gasteiger partial charge in [0.25, 0.3) is 0 Å². The van der Waals surface area contributed by atoms with Crippen molar-refractivity contribution in [3.63, 3.8) is 0 Å². The van der Waals surface area contributed by atoms with Gasteiger partial charge >= 0.3 is 0 Å². The number of amides is 2. The number of hydrogen-bond acceptors (Lipinski definition) is 4. The van der Waals surface area contributed by atoms with E-state index in [2.05, 4.69) is 5.32 Å². The van der Waals surface area contributed by atoms with E-state index in [1.807, 2.05) is 26.0 Å². The van der Waals surface area contributed by atoms with Crippen molar-refractivity contribution < 1.29 is 18.0 Å². The maximum Gasteiger partial charge on any atom is 0.242 e. The smallest absolute Gasteiger partial charge is 0.242 e. The Morgan fingerprint density at radius 3 is 2.37 bits per heavy atom. The van der Waals surface area contributed by atoms with E-state index in [9.17, 15) is 18.0 Å². The number of sulfonamides is 1. The zero-order chi connectivity index (χ0) is 26.2. The predicted molar refractivity (Wildman–Crippen MR) is 142 cm³/mol. The van der Waals surface area contributed by atoms with Crippen LogP contribution in [0.5, 0.6) is 0 Å². The van der Waals surface area contributed by atoms with E-state index in [0.717, 1.165) is 17.4 Å². The van der Waals surface area contributed by atoms with E-state index < -0.39 is 16.1 Å². The SMILES string of the molecule is CCNC(=O)[C@@H](CC)N(Cc1ccccc1Cl)C(=O)CCCN(c1cc(Cl)ccc1C)S(C)(=O)=O. The molecule has 0 aliphatic carbocycles. The Kier molecular flexibility index (Phi) is 10.9. The number of nitrogens with one attached hydrogen (secondary N) is 1. The summed E-state index contributed by atoms with van der Waals surface area (Å²) in [6.45, 7) is 6.20. The molecule has 0 fully saturated rings. The van der Waals surface area contributed by atoms with Gasteiger partial charge in [-0.05, 0) is 56.0 Å². The van der Waals surface area contributed by atoms with Crippen LogP contribution in [0.15, 0.2) is 42.5 Å². The molecule has 0 unspecified atom stereocenters. The van der Waals surface area contributed by atoms with E-state index in [-0.39, 0.29) is 37.7 Å². The average molecular weight is 543 g/mol. The van der Waals surface area contributed by atoms with Crippen LogP contribution in [0.2, 0.25) is 10.0 Å². The van der Waals surface area contributed by atoms with Gasteiger partial charge in [-0.25, -0.2) is 8.42 Å². The summed E-state index contributed by atoms with van der Waals surface area (Å²) in [4.78, 5) is 27.6. The Hall–Kier alpha value is -2.29. The van der Waals surface area contributed by atoms with Gasteiger partial charge in [0.1, 0.15) is 6.04 Å². The number of anilines is 1. The number of carbonyl (C=O) groups is 2. The molecule has 1 atom stereocenters. The van der Waals surface area contributed by atoms with Gasteiger partial charge in [-0.2, -0.15) is 0 Å². The first kappa shape index (κ1) is 28.9. The van der Waals surface area contributed by atoms with Crippen LogP contribution in [0, 0.1) is 6.92 Å². The molecular formula is C25H33Cl2N3O4S. The number of halogens is 2. The molecule has 1 N–H and O–H groups in total. The summed E-state index contributed by atoms with van der Waals surface area (Å²) in [7, 11) is -3.60. The van der Waals surface area contributed by atoms with Crippen LogP contribution in [0.25, 0.3) is 0 Å². The molecule has 2 aromatic rings. The summed E-state index contributed by atoms with van der Waals surface area (Å²) in [5, 5.41) is 3.73. The van der Waals surface area contributed by atoms with Gasteiger partial charge in [0, 0.05) is 36.1 Å². The fourth-order valence-corrected chi connectivity index (χ4v) is 5.23. The van der Waals surface area contributed by atoms with Gasteiger partial charge in [0.05, 0.1) is 11.9 Å². The first-order chi connectivity index (χ1) is 16.5. The van der Waals surface area contributed by atoms with Crippen LogP contribution in [0.1, 0.15) is 44.2 Å². The Labute approximate surface area is 218 Å². The zero-order valence-electron chi connectivity index (χ0n) is 20.6. The van der Waals surface area contributed by atoms with Gasteiger partial charge in [-0.3, -0.25) is 13.9 Å². The fraction of sp³-hybridized carbons (Fsp3) is 0.440. The number of likely N-dealkylation sites (N-methyl/N-ethyl adjacent to an activating group) is 1. The summed E-state index contributed by atoms with van der Waals surface area (Å²) in [5.41, 5.74) is 1.97. The van der Waals surface area contributed by atoms with Gasteiger partial charge in [0.15, 0.2) is 0 Å². The fourth-order valence-electron chi connectivity index (χ4n) is 3.86. The first-order valence-electron chi connectivity index (χ1n) is 11.5. The summed E-state index contributed by atoms with van der Waals surface area (Å²) in [6.07, 6.45) is 1.88. The second-order valence-corrected chi connectivity index (χ2v) is 11.1. The minimum atomic E-state index is -3.60. The van der Waals surface area contributed by atoms with E-state index in [0.29, 0.717) is 28.7 Å². The van der Waals surface area contributed by atoms with Crippen LogP contribution in [0.4, 0.5) is 5.69 Å². The molecule has 10 heteroatoms. The van der Waals surface area contributed by atoms with Crippen LogP contribution >= 0.6 is 23.2 Å². The third kappa shape index (κ3) is 8.12. The molecular weight excluding hydrogens is 509 g/mol. The lowest BCUT2D eigenvalue weighted by Gasteiger charge is -2.31. The first-order valence-corrected chi connectivity index (χ1v) is 14.1. The van der Waals surface area contributed by atoms with Gasteiger partial charge in [-0.15, -0.1) is 0 Å². The van der Waals surface area contributed by atoms with Gasteiger partial charge < -0.3 is 10.2 Å². The van der Waals surface area contributed by atoms with Crippen molar-refractivity contribution >= 4 is 50.7 Å². The monoisotopic (exact) mass is 541 g/mol. The summed E-state index contributed by atoms with van der Waals surface area (Å²) >= 11 is 12.4. The molecule has 0 heterocycles. The van der Waals surface area contributed by atoms with Gasteiger partial charge in [0.2, 0.25) is 21.8 Å². The Morgan fingerprint density at radius 2 is 1.77 bits per heavy atom. The second-order valence-electron chi connectivity index (χ2n) is 8.30. The van der Waals surface area contributed by atoms with Crippen LogP contribution < -0.4 is 9.62 Å². The van der Waals surface area contributed by atoms with Crippen molar-refractivity contribution in [1.82, 2.24) is 10.2 Å². The van der Waals surface area contributed by atoms with Gasteiger partial charge in [-0.1, -0.05) is 54.4 Å². The average Bonchev–Trinajstić information content (AvgIpc) is 2.79. The van der Waals surface area contributed by atoms with E-state index in [1.165, 1.54) is 9.21 Å². The zero-order valence-corrected chi connectivity index (χ0v) is 22.9. The standard InChI is InChI=1S/C25H33Cl2N3O4S/c1-5-22(25(32)28-6-2)29(17-19-10-7-8-11-21(19)27)24(31)12-9-15-30(35(4,33)34)23-16-20(26)14-13-18(23)3/h7-8,10-11,13-14,16,22H,5-6,9,12,15,17H2,1-4H3,(H,28,32)/t22-/m1/s1. The molecule has 2 amide bonds. The molecule has 0 saturated heterocycles. The quantitative estimate of drug-likeness (QED) is 0.418. The second kappa shape index (κ2) is 13.1. The van der Waals surface area contributed by atoms with Crippen LogP contribution in [0.3, 0.4) is 0 Å². The summed E-state index contributed by atoms with van der Waals surface area (Å²) in [5.74, 6) is -0.484. The molecule has 0 aromatic heterocycles. The molecule has 2 aromatic carbocycles. The Morgan fingerprint density at radius 1 is 1.09 bits per heavy atom. The Bertz CT molecular complexity index is 1140. The number of hydrogen-bond donors (Lipinski definition) is 1. The highest BCUT2D eigenvalue weighted by molar-refractivity contribution is 7.92. The lowest BCUT2D eigenvalue weighted by Crippen LogP contribution is -2.49. The molecule has 0 aliphatic heterocycles. The molecule has 192 valence electrons. The Balaban J connectivity index is 2.25. The van der Waals surface area contributed by atoms with E-state index >= 15 is 0 Å². The molecule has 0 spiro atoms. The van der Waals surface area contributed by atoms with Crippen molar-refractivity contribution in [3.05, 3.63) is 63.6 Å². The normalized spacial score (nSPS) is 12.2. The number of rotatable bonds is 12. The van der Waals surface area contributed by atoms with E-state index in [1.54, 1.807) is 37.3 Å². The molecule has 0 saturated carbocycles. The van der Waals surface area contributed by atoms with Crippen molar-refractivity contribution in [2.24, 2.45) is 0 Å². The third-order valence-corrected chi connectivity index (χ3v) is 7.41. The highest BCUT2D eigenvalue weighted by Crippen LogP contribution is 2.27. The third-order valence-electron chi connectivity index (χ3n) is 5.63. The van der Waals surface area contributed by atoms with Crippen LogP contribution in [-0.2, 0) is 26.2 Å². The topological polar surface area (TPSA) is 86.8 Å². The van der Waals surface area contributed by atoms with Crippen molar-refractivity contribution in [1.29, 1.82) is 0 Å². The maximum atomic E-state index is 13.4. The lowest BCUT2D eigenvalue weighted by atomic mass is 10.1. The highest BCUT2D eigenvalue weighted by Gasteiger charge is 2.29. The number of aryl methyl sites for hydroxylation is 1.